The van der Waals surface area contributed by atoms with E-state index in [-0.39, 0.29) is 13.2 Å². The lowest BCUT2D eigenvalue weighted by Gasteiger charge is -2.26. The minimum absolute atomic E-state index is 0.171. The predicted molar refractivity (Wildman–Crippen MR) is 64.8 cm³/mol. The monoisotopic (exact) mass is 248 g/mol. The van der Waals surface area contributed by atoms with Crippen LogP contribution in [0.15, 0.2) is 0 Å². The zero-order valence-corrected chi connectivity index (χ0v) is 11.0. The Hall–Kier alpha value is -0.850. The number of carbonyl (C=O) groups excluding carboxylic acids is 1. The van der Waals surface area contributed by atoms with Crippen LogP contribution < -0.4 is 10.6 Å². The molecule has 0 rings (SSSR count). The molecule has 0 atom stereocenters. The Morgan fingerprint density at radius 1 is 1.12 bits per heavy atom. The summed E-state index contributed by atoms with van der Waals surface area (Å²) in [7, 11) is 0. The topological polar surface area (TPSA) is 90.8 Å². The van der Waals surface area contributed by atoms with Gasteiger partial charge in [0.25, 0.3) is 0 Å². The summed E-state index contributed by atoms with van der Waals surface area (Å²) >= 11 is 0. The molecule has 6 heteroatoms. The molecule has 4 N–H and O–H groups in total. The van der Waals surface area contributed by atoms with Crippen molar-refractivity contribution in [2.24, 2.45) is 0 Å². The molecule has 17 heavy (non-hydrogen) atoms. The molecular weight excluding hydrogens is 224 g/mol. The van der Waals surface area contributed by atoms with E-state index in [4.69, 9.17) is 14.9 Å². The van der Waals surface area contributed by atoms with E-state index in [0.29, 0.717) is 13.1 Å². The highest BCUT2D eigenvalue weighted by Crippen LogP contribution is 2.06. The van der Waals surface area contributed by atoms with Crippen molar-refractivity contribution in [3.63, 3.8) is 0 Å². The van der Waals surface area contributed by atoms with E-state index in [1.54, 1.807) is 27.7 Å². The lowest BCUT2D eigenvalue weighted by Crippen LogP contribution is -2.51. The van der Waals surface area contributed by atoms with Gasteiger partial charge in [-0.25, -0.2) is 4.79 Å². The molecule has 0 aliphatic rings. The van der Waals surface area contributed by atoms with E-state index < -0.39 is 17.2 Å². The van der Waals surface area contributed by atoms with Crippen LogP contribution in [-0.4, -0.2) is 53.7 Å². The number of ether oxygens (including phenoxy) is 1. The first-order valence-corrected chi connectivity index (χ1v) is 5.66. The fourth-order valence-corrected chi connectivity index (χ4v) is 1.00. The average molecular weight is 248 g/mol. The summed E-state index contributed by atoms with van der Waals surface area (Å²) in [6, 6.07) is 0. The van der Waals surface area contributed by atoms with E-state index in [2.05, 4.69) is 10.6 Å². The molecular formula is C11H24N2O4. The number of rotatable bonds is 6. The lowest BCUT2D eigenvalue weighted by molar-refractivity contribution is 0.0524. The number of hydrogen-bond donors (Lipinski definition) is 4. The van der Waals surface area contributed by atoms with Gasteiger partial charge in [-0.2, -0.15) is 0 Å². The van der Waals surface area contributed by atoms with Gasteiger partial charge in [0.15, 0.2) is 0 Å². The number of nitrogens with one attached hydrogen (secondary N) is 2. The van der Waals surface area contributed by atoms with Crippen LogP contribution in [0.2, 0.25) is 0 Å². The Balaban J connectivity index is 3.75. The summed E-state index contributed by atoms with van der Waals surface area (Å²) in [6.07, 6.45) is -0.478. The van der Waals surface area contributed by atoms with Crippen LogP contribution >= 0.6 is 0 Å². The largest absolute Gasteiger partial charge is 0.444 e. The van der Waals surface area contributed by atoms with Gasteiger partial charge in [0, 0.05) is 13.1 Å². The van der Waals surface area contributed by atoms with Crippen molar-refractivity contribution in [2.45, 2.75) is 38.8 Å². The van der Waals surface area contributed by atoms with Gasteiger partial charge < -0.3 is 25.6 Å². The minimum atomic E-state index is -0.727. The number of amides is 1. The van der Waals surface area contributed by atoms with Crippen LogP contribution in [0, 0.1) is 0 Å². The predicted octanol–water partition coefficient (Wildman–Crippen LogP) is -0.156. The van der Waals surface area contributed by atoms with Gasteiger partial charge >= 0.3 is 6.09 Å². The van der Waals surface area contributed by atoms with Crippen molar-refractivity contribution >= 4 is 6.09 Å². The fourth-order valence-electron chi connectivity index (χ4n) is 1.00. The minimum Gasteiger partial charge on any atom is -0.444 e. The Morgan fingerprint density at radius 3 is 2.06 bits per heavy atom. The SMILES string of the molecule is CC(CO)(CO)NCCNC(=O)OC(C)(C)C. The van der Waals surface area contributed by atoms with Gasteiger partial charge in [0.2, 0.25) is 0 Å². The van der Waals surface area contributed by atoms with Gasteiger partial charge in [-0.1, -0.05) is 0 Å². The van der Waals surface area contributed by atoms with Crippen LogP contribution in [-0.2, 0) is 4.74 Å². The standard InChI is InChI=1S/C11H24N2O4/c1-10(2,3)17-9(16)12-5-6-13-11(4,7-14)8-15/h13-15H,5-8H2,1-4H3,(H,12,16). The van der Waals surface area contributed by atoms with Crippen LogP contribution in [0.1, 0.15) is 27.7 Å². The second kappa shape index (κ2) is 6.78. The van der Waals surface area contributed by atoms with Crippen molar-refractivity contribution in [3.05, 3.63) is 0 Å². The van der Waals surface area contributed by atoms with E-state index in [1.807, 2.05) is 0 Å². The summed E-state index contributed by atoms with van der Waals surface area (Å²) in [4.78, 5) is 11.3. The summed E-state index contributed by atoms with van der Waals surface area (Å²) in [6.45, 7) is 7.53. The summed E-state index contributed by atoms with van der Waals surface area (Å²) in [5.41, 5.74) is -1.24. The molecule has 0 aromatic carbocycles. The zero-order valence-electron chi connectivity index (χ0n) is 11.0. The third-order valence-electron chi connectivity index (χ3n) is 2.04. The summed E-state index contributed by atoms with van der Waals surface area (Å²) in [5.74, 6) is 0. The fraction of sp³-hybridized carbons (Fsp3) is 0.909. The molecule has 6 nitrogen and oxygen atoms in total. The molecule has 0 spiro atoms. The third kappa shape index (κ3) is 7.95. The average Bonchev–Trinajstić information content (AvgIpc) is 2.21. The van der Waals surface area contributed by atoms with Crippen molar-refractivity contribution in [1.29, 1.82) is 0 Å². The third-order valence-corrected chi connectivity index (χ3v) is 2.04. The smallest absolute Gasteiger partial charge is 0.407 e. The molecule has 0 saturated heterocycles. The molecule has 0 heterocycles. The summed E-state index contributed by atoms with van der Waals surface area (Å²) < 4.78 is 5.05. The molecule has 0 bridgehead atoms. The lowest BCUT2D eigenvalue weighted by atomic mass is 10.1. The first-order valence-electron chi connectivity index (χ1n) is 5.66. The highest BCUT2D eigenvalue weighted by Gasteiger charge is 2.21. The van der Waals surface area contributed by atoms with Crippen LogP contribution in [0.4, 0.5) is 4.79 Å². The number of carbonyl (C=O) groups is 1. The summed E-state index contributed by atoms with van der Waals surface area (Å²) in [5, 5.41) is 23.5. The van der Waals surface area contributed by atoms with Crippen molar-refractivity contribution in [1.82, 2.24) is 10.6 Å². The molecule has 0 saturated carbocycles. The highest BCUT2D eigenvalue weighted by molar-refractivity contribution is 5.67. The molecule has 102 valence electrons. The van der Waals surface area contributed by atoms with Crippen molar-refractivity contribution < 1.29 is 19.7 Å². The maximum absolute atomic E-state index is 11.3. The van der Waals surface area contributed by atoms with Crippen molar-refractivity contribution in [2.75, 3.05) is 26.3 Å². The van der Waals surface area contributed by atoms with Gasteiger partial charge in [-0.15, -0.1) is 0 Å². The van der Waals surface area contributed by atoms with Gasteiger partial charge in [0.1, 0.15) is 5.60 Å². The first-order chi connectivity index (χ1) is 7.72. The van der Waals surface area contributed by atoms with Crippen LogP contribution in [0.5, 0.6) is 0 Å². The molecule has 0 aromatic heterocycles. The molecule has 0 aliphatic heterocycles. The Kier molecular flexibility index (Phi) is 6.44. The number of alkyl carbamates (subject to hydrolysis) is 1. The molecule has 0 radical (unpaired) electrons. The van der Waals surface area contributed by atoms with E-state index in [1.165, 1.54) is 0 Å². The number of aliphatic hydroxyl groups is 2. The quantitative estimate of drug-likeness (QED) is 0.491. The maximum atomic E-state index is 11.3. The van der Waals surface area contributed by atoms with Gasteiger partial charge in [0.05, 0.1) is 18.8 Å². The van der Waals surface area contributed by atoms with Crippen molar-refractivity contribution in [3.8, 4) is 0 Å². The molecule has 0 unspecified atom stereocenters. The molecule has 0 aromatic rings. The van der Waals surface area contributed by atoms with E-state index >= 15 is 0 Å². The van der Waals surface area contributed by atoms with Gasteiger partial charge in [-0.3, -0.25) is 0 Å². The van der Waals surface area contributed by atoms with Crippen LogP contribution in [0.3, 0.4) is 0 Å². The first kappa shape index (κ1) is 16.1. The van der Waals surface area contributed by atoms with Gasteiger partial charge in [-0.05, 0) is 27.7 Å². The second-order valence-electron chi connectivity index (χ2n) is 5.23. The zero-order chi connectivity index (χ0) is 13.5. The Labute approximate surface area is 102 Å². The Morgan fingerprint density at radius 2 is 1.65 bits per heavy atom. The Bertz CT molecular complexity index is 234. The van der Waals surface area contributed by atoms with E-state index in [0.717, 1.165) is 0 Å². The second-order valence-corrected chi connectivity index (χ2v) is 5.23. The molecule has 0 fully saturated rings. The number of hydrogen-bond acceptors (Lipinski definition) is 5. The highest BCUT2D eigenvalue weighted by atomic mass is 16.6. The van der Waals surface area contributed by atoms with Crippen LogP contribution in [0.25, 0.3) is 0 Å². The molecule has 0 aliphatic carbocycles. The molecule has 1 amide bonds. The normalized spacial score (nSPS) is 12.4. The number of aliphatic hydroxyl groups excluding tert-OH is 2. The van der Waals surface area contributed by atoms with E-state index in [9.17, 15) is 4.79 Å². The maximum Gasteiger partial charge on any atom is 0.407 e.